The highest BCUT2D eigenvalue weighted by Crippen LogP contribution is 2.18. The molecule has 3 rings (SSSR count). The molecule has 0 radical (unpaired) electrons. The number of nitrogens with one attached hydrogen (secondary N) is 1. The second-order valence-corrected chi connectivity index (χ2v) is 5.78. The van der Waals surface area contributed by atoms with Crippen LogP contribution in [-0.2, 0) is 10.8 Å². The molecule has 1 atom stereocenters. The second-order valence-electron chi connectivity index (χ2n) is 4.49. The van der Waals surface area contributed by atoms with Gasteiger partial charge in [-0.25, -0.2) is 14.7 Å². The summed E-state index contributed by atoms with van der Waals surface area (Å²) in [6, 6.07) is 11.9. The molecule has 0 amide bonds. The van der Waals surface area contributed by atoms with Crippen LogP contribution in [0.3, 0.4) is 0 Å². The van der Waals surface area contributed by atoms with Crippen molar-refractivity contribution in [3.63, 3.8) is 0 Å². The summed E-state index contributed by atoms with van der Waals surface area (Å²) < 4.78 is 13.3. The summed E-state index contributed by atoms with van der Waals surface area (Å²) in [6.07, 6.45) is 1.60. The highest BCUT2D eigenvalue weighted by atomic mass is 32.2. The second kappa shape index (κ2) is 5.09. The van der Waals surface area contributed by atoms with Gasteiger partial charge in [0.2, 0.25) is 5.17 Å². The van der Waals surface area contributed by atoms with Crippen molar-refractivity contribution in [1.82, 2.24) is 15.2 Å². The summed E-state index contributed by atoms with van der Waals surface area (Å²) in [5.74, 6) is 0.760. The molecular formula is C13H15N5OS. The fraction of sp³-hybridized carbons (Fsp3) is 0.231. The maximum absolute atomic E-state index is 11.4. The van der Waals surface area contributed by atoms with Gasteiger partial charge in [0.1, 0.15) is 6.67 Å². The lowest BCUT2D eigenvalue weighted by molar-refractivity contribution is 0.692. The van der Waals surface area contributed by atoms with Crippen LogP contribution in [0.25, 0.3) is 5.69 Å². The van der Waals surface area contributed by atoms with Crippen molar-refractivity contribution in [2.75, 3.05) is 17.9 Å². The Bertz CT molecular complexity index is 679. The van der Waals surface area contributed by atoms with Gasteiger partial charge >= 0.3 is 0 Å². The first kappa shape index (κ1) is 12.9. The van der Waals surface area contributed by atoms with E-state index in [0.29, 0.717) is 11.8 Å². The van der Waals surface area contributed by atoms with Crippen molar-refractivity contribution < 1.29 is 4.21 Å². The highest BCUT2D eigenvalue weighted by molar-refractivity contribution is 7.99. The number of para-hydroxylation sites is 1. The van der Waals surface area contributed by atoms with E-state index < -0.39 is 10.8 Å². The van der Waals surface area contributed by atoms with E-state index in [4.69, 9.17) is 0 Å². The zero-order valence-corrected chi connectivity index (χ0v) is 12.1. The minimum atomic E-state index is -1.11. The van der Waals surface area contributed by atoms with Gasteiger partial charge in [-0.05, 0) is 19.1 Å². The Hall–Kier alpha value is -2.15. The van der Waals surface area contributed by atoms with Crippen LogP contribution in [0.5, 0.6) is 0 Å². The average molecular weight is 289 g/mol. The smallest absolute Gasteiger partial charge is 0.208 e. The molecule has 1 aliphatic rings. The number of amidine groups is 1. The number of hydrogen-bond acceptors (Lipinski definition) is 5. The number of aryl methyl sites for hydroxylation is 1. The predicted octanol–water partition coefficient (Wildman–Crippen LogP) is 1.20. The third-order valence-corrected chi connectivity index (χ3v) is 3.78. The fourth-order valence-corrected chi connectivity index (χ4v) is 2.50. The molecule has 0 saturated carbocycles. The molecule has 0 spiro atoms. The molecule has 0 aliphatic carbocycles. The number of hydrazine groups is 1. The van der Waals surface area contributed by atoms with E-state index in [0.717, 1.165) is 17.2 Å². The Morgan fingerprint density at radius 1 is 1.30 bits per heavy atom. The van der Waals surface area contributed by atoms with E-state index in [1.54, 1.807) is 11.3 Å². The maximum Gasteiger partial charge on any atom is 0.208 e. The fourth-order valence-electron chi connectivity index (χ4n) is 2.03. The Balaban J connectivity index is 1.86. The summed E-state index contributed by atoms with van der Waals surface area (Å²) in [5, 5.41) is 6.83. The van der Waals surface area contributed by atoms with Crippen molar-refractivity contribution in [1.29, 1.82) is 0 Å². The molecule has 2 heterocycles. The molecule has 1 aromatic carbocycles. The van der Waals surface area contributed by atoms with Gasteiger partial charge in [-0.1, -0.05) is 18.2 Å². The third-order valence-electron chi connectivity index (χ3n) is 3.01. The SMILES string of the molecule is Cc1cc(N2CN=C(S(C)=O)N2)nn1-c1ccccc1. The summed E-state index contributed by atoms with van der Waals surface area (Å²) >= 11 is 0. The first-order valence-electron chi connectivity index (χ1n) is 6.19. The van der Waals surface area contributed by atoms with Crippen LogP contribution >= 0.6 is 0 Å². The molecule has 0 saturated heterocycles. The predicted molar refractivity (Wildman–Crippen MR) is 80.3 cm³/mol. The van der Waals surface area contributed by atoms with E-state index in [1.807, 2.05) is 48.0 Å². The molecule has 1 aliphatic heterocycles. The summed E-state index contributed by atoms with van der Waals surface area (Å²) in [6.45, 7) is 2.42. The number of anilines is 1. The molecule has 0 bridgehead atoms. The zero-order valence-electron chi connectivity index (χ0n) is 11.3. The van der Waals surface area contributed by atoms with Gasteiger partial charge in [0.25, 0.3) is 0 Å². The van der Waals surface area contributed by atoms with Crippen LogP contribution in [0.2, 0.25) is 0 Å². The normalized spacial score (nSPS) is 15.9. The van der Waals surface area contributed by atoms with Crippen molar-refractivity contribution in [2.24, 2.45) is 4.99 Å². The molecular weight excluding hydrogens is 274 g/mol. The summed E-state index contributed by atoms with van der Waals surface area (Å²) in [4.78, 5) is 4.19. The first-order chi connectivity index (χ1) is 9.65. The molecule has 1 unspecified atom stereocenters. The molecule has 1 aromatic heterocycles. The lowest BCUT2D eigenvalue weighted by atomic mass is 10.3. The van der Waals surface area contributed by atoms with Crippen LogP contribution < -0.4 is 10.4 Å². The zero-order chi connectivity index (χ0) is 14.1. The molecule has 1 N–H and O–H groups in total. The van der Waals surface area contributed by atoms with E-state index in [9.17, 15) is 4.21 Å². The van der Waals surface area contributed by atoms with Crippen molar-refractivity contribution in [3.05, 3.63) is 42.1 Å². The third kappa shape index (κ3) is 2.32. The summed E-state index contributed by atoms with van der Waals surface area (Å²) in [5.41, 5.74) is 5.04. The quantitative estimate of drug-likeness (QED) is 0.902. The largest absolute Gasteiger partial charge is 0.271 e. The molecule has 104 valence electrons. The lowest BCUT2D eigenvalue weighted by Gasteiger charge is -2.14. The van der Waals surface area contributed by atoms with Crippen LogP contribution in [0.4, 0.5) is 5.82 Å². The Morgan fingerprint density at radius 2 is 2.05 bits per heavy atom. The highest BCUT2D eigenvalue weighted by Gasteiger charge is 2.20. The van der Waals surface area contributed by atoms with Crippen LogP contribution in [-0.4, -0.2) is 32.1 Å². The van der Waals surface area contributed by atoms with Crippen molar-refractivity contribution in [3.8, 4) is 5.69 Å². The van der Waals surface area contributed by atoms with E-state index in [1.165, 1.54) is 0 Å². The number of rotatable bonds is 2. The van der Waals surface area contributed by atoms with Crippen molar-refractivity contribution >= 4 is 21.8 Å². The topological polar surface area (TPSA) is 62.5 Å². The average Bonchev–Trinajstić information content (AvgIpc) is 3.06. The molecule has 0 fully saturated rings. The Morgan fingerprint density at radius 3 is 2.70 bits per heavy atom. The molecule has 2 aromatic rings. The number of aromatic nitrogens is 2. The van der Waals surface area contributed by atoms with Crippen LogP contribution in [0.1, 0.15) is 5.69 Å². The summed E-state index contributed by atoms with van der Waals surface area (Å²) in [7, 11) is -1.11. The monoisotopic (exact) mass is 289 g/mol. The first-order valence-corrected chi connectivity index (χ1v) is 7.75. The van der Waals surface area contributed by atoms with Gasteiger partial charge in [0.05, 0.1) is 16.5 Å². The maximum atomic E-state index is 11.4. The van der Waals surface area contributed by atoms with Crippen molar-refractivity contribution in [2.45, 2.75) is 6.92 Å². The van der Waals surface area contributed by atoms with Crippen LogP contribution in [0, 0.1) is 6.92 Å². The molecule has 7 heteroatoms. The molecule has 20 heavy (non-hydrogen) atoms. The number of aliphatic imine (C=N–C) groups is 1. The Labute approximate surface area is 119 Å². The van der Waals surface area contributed by atoms with Gasteiger partial charge in [0.15, 0.2) is 5.82 Å². The van der Waals surface area contributed by atoms with E-state index >= 15 is 0 Å². The lowest BCUT2D eigenvalue weighted by Crippen LogP contribution is -2.37. The van der Waals surface area contributed by atoms with Gasteiger partial charge in [-0.3, -0.25) is 9.63 Å². The molecule has 6 nitrogen and oxygen atoms in total. The van der Waals surface area contributed by atoms with Gasteiger partial charge < -0.3 is 0 Å². The number of nitrogens with zero attached hydrogens (tertiary/aromatic N) is 4. The standard InChI is InChI=1S/C13H15N5OS/c1-10-8-12(17-9-14-13(16-17)20(2)19)15-18(10)11-6-4-3-5-7-11/h3-8H,9H2,1-2H3,(H,14,16). The van der Waals surface area contributed by atoms with E-state index in [2.05, 4.69) is 15.5 Å². The Kier molecular flexibility index (Phi) is 3.27. The van der Waals surface area contributed by atoms with Gasteiger partial charge in [-0.15, -0.1) is 5.10 Å². The minimum Gasteiger partial charge on any atom is -0.271 e. The van der Waals surface area contributed by atoms with Gasteiger partial charge in [0, 0.05) is 18.0 Å². The van der Waals surface area contributed by atoms with Crippen LogP contribution in [0.15, 0.2) is 41.4 Å². The minimum absolute atomic E-state index is 0.417. The van der Waals surface area contributed by atoms with E-state index in [-0.39, 0.29) is 0 Å². The number of hydrogen-bond donors (Lipinski definition) is 1. The number of benzene rings is 1. The van der Waals surface area contributed by atoms with Gasteiger partial charge in [-0.2, -0.15) is 0 Å².